The molecule has 13 N–H and O–H groups in total. The lowest BCUT2D eigenvalue weighted by Gasteiger charge is -2.49. The Hall–Kier alpha value is -2.44. The summed E-state index contributed by atoms with van der Waals surface area (Å²) in [5, 5.41) is 69.4. The van der Waals surface area contributed by atoms with Gasteiger partial charge in [0.05, 0.1) is 188 Å². The second-order valence-electron chi connectivity index (χ2n) is 18.2. The minimum absolute atomic E-state index is 0.00373. The molecular weight excluding hydrogens is 1170 g/mol. The average molecular weight is 1250 g/mol. The summed E-state index contributed by atoms with van der Waals surface area (Å²) in [5.41, 5.74) is -0.449. The number of fused-ring (bicyclic) bond motifs is 1. The number of ether oxygens (including phenoxy) is 14. The first-order valence-electron chi connectivity index (χ1n) is 26.5. The van der Waals surface area contributed by atoms with Gasteiger partial charge in [0.25, 0.3) is 0 Å². The highest BCUT2D eigenvalue weighted by Crippen LogP contribution is 2.54. The number of carbonyl (C=O) groups excluding carboxylic acids is 4. The molecule has 0 aromatic carbocycles. The molecule has 83 heavy (non-hydrogen) atoms. The van der Waals surface area contributed by atoms with Crippen molar-refractivity contribution in [1.82, 2.24) is 16.0 Å². The van der Waals surface area contributed by atoms with E-state index >= 15 is 0 Å². The molecule has 0 aromatic heterocycles. The van der Waals surface area contributed by atoms with Crippen molar-refractivity contribution in [2.75, 3.05) is 178 Å². The molecular formula is C45H82BN3O32P2. The molecule has 12 atom stereocenters. The van der Waals surface area contributed by atoms with Crippen molar-refractivity contribution >= 4 is 46.9 Å². The number of phosphoric ester groups is 2. The summed E-state index contributed by atoms with van der Waals surface area (Å²) in [6, 6.07) is 0. The molecule has 3 fully saturated rings. The molecule has 35 nitrogen and oxygen atoms in total. The summed E-state index contributed by atoms with van der Waals surface area (Å²) < 4.78 is 106. The van der Waals surface area contributed by atoms with Gasteiger partial charge in [0.15, 0.2) is 26.2 Å². The Morgan fingerprint density at radius 2 is 0.867 bits per heavy atom. The fraction of sp³-hybridized carbons (Fsp3) is 0.911. The molecule has 2 radical (unpaired) electrons. The van der Waals surface area contributed by atoms with E-state index in [4.69, 9.17) is 93.7 Å². The van der Waals surface area contributed by atoms with E-state index in [0.717, 1.165) is 0 Å². The Morgan fingerprint density at radius 1 is 0.482 bits per heavy atom. The number of aliphatic hydroxyl groups excluding tert-OH is 5. The smallest absolute Gasteiger partial charge is 0.390 e. The number of hydrogen-bond acceptors (Lipinski definition) is 28. The van der Waals surface area contributed by atoms with Gasteiger partial charge in [-0.1, -0.05) is 0 Å². The van der Waals surface area contributed by atoms with Crippen molar-refractivity contribution in [3.05, 3.63) is 0 Å². The third-order valence-corrected chi connectivity index (χ3v) is 13.0. The van der Waals surface area contributed by atoms with Crippen molar-refractivity contribution < 1.29 is 154 Å². The predicted octanol–water partition coefficient (Wildman–Crippen LogP) is -7.34. The number of hydrogen-bond donors (Lipinski definition) is 13. The number of phosphoric acid groups is 2. The number of amides is 3. The van der Waals surface area contributed by atoms with Crippen LogP contribution in [0, 0.1) is 17.8 Å². The second-order valence-corrected chi connectivity index (χ2v) is 20.7. The van der Waals surface area contributed by atoms with E-state index < -0.39 is 131 Å². The topological polar surface area (TPSA) is 488 Å². The average Bonchev–Trinajstić information content (AvgIpc) is 3.82. The summed E-state index contributed by atoms with van der Waals surface area (Å²) in [4.78, 5) is 85.7. The van der Waals surface area contributed by atoms with Crippen LogP contribution in [0.15, 0.2) is 0 Å². The maximum absolute atomic E-state index is 13.2. The summed E-state index contributed by atoms with van der Waals surface area (Å²) >= 11 is 0. The lowest BCUT2D eigenvalue weighted by molar-refractivity contribution is -0.438. The normalized spacial score (nSPS) is 25.6. The monoisotopic (exact) mass is 1250 g/mol. The second kappa shape index (κ2) is 41.7. The van der Waals surface area contributed by atoms with Crippen molar-refractivity contribution in [1.29, 1.82) is 0 Å². The highest BCUT2D eigenvalue weighted by Gasteiger charge is 2.71. The van der Waals surface area contributed by atoms with E-state index in [1.165, 1.54) is 0 Å². The summed E-state index contributed by atoms with van der Waals surface area (Å²) in [6.45, 7) is 1.67. The van der Waals surface area contributed by atoms with Gasteiger partial charge in [-0.05, 0) is 0 Å². The van der Waals surface area contributed by atoms with Crippen LogP contribution in [0.5, 0.6) is 0 Å². The van der Waals surface area contributed by atoms with Gasteiger partial charge in [-0.25, -0.2) is 9.13 Å². The summed E-state index contributed by atoms with van der Waals surface area (Å²) in [6.07, 6.45) is -12.6. The largest absolute Gasteiger partial charge is 0.469 e. The molecule has 1 saturated carbocycles. The number of aliphatic hydroxyl groups is 6. The van der Waals surface area contributed by atoms with Crippen LogP contribution in [0.2, 0.25) is 0 Å². The van der Waals surface area contributed by atoms with E-state index in [0.29, 0.717) is 26.4 Å². The molecule has 482 valence electrons. The van der Waals surface area contributed by atoms with Crippen LogP contribution in [0.25, 0.3) is 0 Å². The van der Waals surface area contributed by atoms with Gasteiger partial charge in [0.2, 0.25) is 17.7 Å². The third kappa shape index (κ3) is 30.9. The Balaban J connectivity index is 1.26. The minimum atomic E-state index is -4.91. The molecule has 38 heteroatoms. The molecule has 3 amide bonds. The summed E-state index contributed by atoms with van der Waals surface area (Å²) in [5.74, 6) is -8.04. The zero-order valence-corrected chi connectivity index (χ0v) is 47.6. The van der Waals surface area contributed by atoms with Crippen LogP contribution < -0.4 is 16.0 Å². The van der Waals surface area contributed by atoms with Crippen LogP contribution in [0.3, 0.4) is 0 Å². The Morgan fingerprint density at radius 3 is 1.30 bits per heavy atom. The highest BCUT2D eigenvalue weighted by atomic mass is 31.2. The van der Waals surface area contributed by atoms with E-state index in [1.807, 2.05) is 0 Å². The maximum atomic E-state index is 13.2. The Kier molecular flexibility index (Phi) is 37.6. The van der Waals surface area contributed by atoms with Crippen molar-refractivity contribution in [2.45, 2.75) is 67.8 Å². The van der Waals surface area contributed by atoms with Crippen molar-refractivity contribution in [3.63, 3.8) is 0 Å². The molecule has 2 heterocycles. The lowest BCUT2D eigenvalue weighted by atomic mass is 9.89. The van der Waals surface area contributed by atoms with Crippen LogP contribution >= 0.6 is 15.6 Å². The predicted molar refractivity (Wildman–Crippen MR) is 274 cm³/mol. The van der Waals surface area contributed by atoms with E-state index in [1.54, 1.807) is 0 Å². The SMILES string of the molecule is [B]C(=O)CCOCCOCCOCCOCCNC(=O)CC(C(=O)NCCOCCOCCOCCOC1OC(COP(=O)(O)O)C(O)C(O)C1O)C(=O)NCCOCCOCCOCCOC1OC2(O)C(COP(=O)(O)O)C(O)C(O)C12. The van der Waals surface area contributed by atoms with Gasteiger partial charge in [0, 0.05) is 32.5 Å². The van der Waals surface area contributed by atoms with Crippen molar-refractivity contribution in [2.24, 2.45) is 17.8 Å². The quantitative estimate of drug-likeness (QED) is 0.0116. The van der Waals surface area contributed by atoms with Gasteiger partial charge < -0.3 is 137 Å². The first-order chi connectivity index (χ1) is 39.6. The molecule has 2 saturated heterocycles. The third-order valence-electron chi connectivity index (χ3n) is 12.0. The van der Waals surface area contributed by atoms with Gasteiger partial charge in [-0.2, -0.15) is 0 Å². The molecule has 12 unspecified atom stereocenters. The van der Waals surface area contributed by atoms with Crippen molar-refractivity contribution in [3.8, 4) is 0 Å². The van der Waals surface area contributed by atoms with E-state index in [2.05, 4.69) is 25.0 Å². The standard InChI is InChI=1S/C45H82BN3O32P2/c46-33(50)1-5-66-9-13-70-17-18-71-14-10-67-6-2-47-34(51)27-30(42(58)49-4-8-69-12-16-73-20-22-75-24-26-77-44-40(56)39(55)37(53)32(80-44)29-79-83(63,64)65)41(57)48-3-7-68-11-15-72-19-21-74-23-25-76-43-35-38(54)36(52)31(45(35,59)81-43)28-78-82(60,61)62/h30-32,35-40,43-44,52-56,59H,1-29H2,(H,47,51)(H,48,57)(H,49,58)(H2,60,61,62)(H2,63,64,65). The molecule has 3 aliphatic rings. The minimum Gasteiger partial charge on any atom is -0.390 e. The lowest BCUT2D eigenvalue weighted by Crippen LogP contribution is -2.64. The molecule has 0 aromatic rings. The van der Waals surface area contributed by atoms with Gasteiger partial charge in [-0.15, -0.1) is 0 Å². The van der Waals surface area contributed by atoms with Gasteiger partial charge in [-0.3, -0.25) is 23.4 Å². The van der Waals surface area contributed by atoms with Crippen LogP contribution in [-0.4, -0.2) is 315 Å². The Labute approximate surface area is 479 Å². The van der Waals surface area contributed by atoms with Gasteiger partial charge >= 0.3 is 15.6 Å². The first-order valence-corrected chi connectivity index (χ1v) is 29.6. The highest BCUT2D eigenvalue weighted by molar-refractivity contribution is 7.46. The molecule has 0 bridgehead atoms. The fourth-order valence-corrected chi connectivity index (χ4v) is 8.52. The zero-order chi connectivity index (χ0) is 61.1. The first kappa shape index (κ1) is 74.8. The molecule has 0 spiro atoms. The number of nitrogens with one attached hydrogen (secondary N) is 3. The van der Waals surface area contributed by atoms with Crippen LogP contribution in [0.1, 0.15) is 12.8 Å². The van der Waals surface area contributed by atoms with Gasteiger partial charge in [0.1, 0.15) is 30.3 Å². The molecule has 1 aliphatic carbocycles. The summed E-state index contributed by atoms with van der Waals surface area (Å²) in [7, 11) is -4.77. The van der Waals surface area contributed by atoms with Crippen LogP contribution in [-0.2, 0) is 104 Å². The number of rotatable bonds is 51. The zero-order valence-electron chi connectivity index (χ0n) is 45.8. The maximum Gasteiger partial charge on any atom is 0.469 e. The van der Waals surface area contributed by atoms with E-state index in [9.17, 15) is 58.9 Å². The molecule has 3 rings (SSSR count). The van der Waals surface area contributed by atoms with Crippen LogP contribution in [0.4, 0.5) is 0 Å². The van der Waals surface area contributed by atoms with E-state index in [-0.39, 0.29) is 145 Å². The Bertz CT molecular complexity index is 1920. The number of carbonyl (C=O) groups is 4. The fourth-order valence-electron chi connectivity index (χ4n) is 7.82. The molecule has 2 aliphatic heterocycles.